The number of amidine groups is 1. The SMILES string of the molecule is CC/C(N=Nc1nc2ccccc2n1Cc1ccccc1)=N/Nc1ccccc1O. The number of para-hydroxylation sites is 4. The van der Waals surface area contributed by atoms with E-state index in [0.717, 1.165) is 16.6 Å². The molecule has 4 rings (SSSR count). The van der Waals surface area contributed by atoms with Crippen LogP contribution in [0.25, 0.3) is 11.0 Å². The zero-order valence-electron chi connectivity index (χ0n) is 16.6. The third-order valence-corrected chi connectivity index (χ3v) is 4.60. The third kappa shape index (κ3) is 4.35. The van der Waals surface area contributed by atoms with Crippen LogP contribution < -0.4 is 5.43 Å². The van der Waals surface area contributed by atoms with Crippen LogP contribution in [0.2, 0.25) is 0 Å². The quantitative estimate of drug-likeness (QED) is 0.143. The first kappa shape index (κ1) is 19.3. The largest absolute Gasteiger partial charge is 0.506 e. The van der Waals surface area contributed by atoms with Crippen molar-refractivity contribution in [3.8, 4) is 5.75 Å². The summed E-state index contributed by atoms with van der Waals surface area (Å²) in [6.07, 6.45) is 0.572. The minimum atomic E-state index is 0.123. The fourth-order valence-corrected chi connectivity index (χ4v) is 3.03. The second-order valence-electron chi connectivity index (χ2n) is 6.68. The molecular formula is C23H22N6O. The Balaban J connectivity index is 1.63. The highest BCUT2D eigenvalue weighted by Gasteiger charge is 2.11. The summed E-state index contributed by atoms with van der Waals surface area (Å²) in [5.74, 6) is 1.14. The standard InChI is InChI=1S/C23H22N6O/c1-2-22(26-25-19-13-7-9-15-21(19)30)27-28-23-24-18-12-6-8-14-20(18)29(23)16-17-10-4-3-5-11-17/h3-15,25,30H,2,16H2,1H3/b26-22-,28-27?. The summed E-state index contributed by atoms with van der Waals surface area (Å²) in [5, 5.41) is 22.8. The van der Waals surface area contributed by atoms with Gasteiger partial charge in [-0.05, 0) is 29.8 Å². The van der Waals surface area contributed by atoms with Gasteiger partial charge in [-0.2, -0.15) is 5.10 Å². The molecule has 0 radical (unpaired) electrons. The Kier molecular flexibility index (Phi) is 5.80. The fourth-order valence-electron chi connectivity index (χ4n) is 3.03. The number of nitrogens with one attached hydrogen (secondary N) is 1. The molecule has 0 fully saturated rings. The number of anilines is 1. The Hall–Kier alpha value is -4.00. The number of hydrogen-bond acceptors (Lipinski definition) is 5. The highest BCUT2D eigenvalue weighted by atomic mass is 16.3. The molecule has 0 aliphatic heterocycles. The average Bonchev–Trinajstić information content (AvgIpc) is 3.13. The Bertz CT molecular complexity index is 1200. The molecule has 0 saturated heterocycles. The molecule has 30 heavy (non-hydrogen) atoms. The van der Waals surface area contributed by atoms with E-state index in [1.54, 1.807) is 18.2 Å². The van der Waals surface area contributed by atoms with Gasteiger partial charge in [0.15, 0.2) is 5.84 Å². The highest BCUT2D eigenvalue weighted by Crippen LogP contribution is 2.24. The summed E-state index contributed by atoms with van der Waals surface area (Å²) in [7, 11) is 0. The number of imidazole rings is 1. The first-order valence-electron chi connectivity index (χ1n) is 9.76. The molecule has 0 aliphatic carbocycles. The number of aromatic nitrogens is 2. The van der Waals surface area contributed by atoms with Gasteiger partial charge >= 0.3 is 0 Å². The van der Waals surface area contributed by atoms with Crippen molar-refractivity contribution in [1.29, 1.82) is 0 Å². The normalized spacial score (nSPS) is 12.0. The first-order chi connectivity index (χ1) is 14.7. The Morgan fingerprint density at radius 1 is 0.967 bits per heavy atom. The zero-order chi connectivity index (χ0) is 20.8. The van der Waals surface area contributed by atoms with Gasteiger partial charge in [0.2, 0.25) is 0 Å². The van der Waals surface area contributed by atoms with Crippen molar-refractivity contribution < 1.29 is 5.11 Å². The molecule has 0 unspecified atom stereocenters. The lowest BCUT2D eigenvalue weighted by molar-refractivity contribution is 0.477. The van der Waals surface area contributed by atoms with Gasteiger partial charge in [0.25, 0.3) is 5.95 Å². The third-order valence-electron chi connectivity index (χ3n) is 4.60. The predicted molar refractivity (Wildman–Crippen MR) is 119 cm³/mol. The molecule has 0 bridgehead atoms. The second-order valence-corrected chi connectivity index (χ2v) is 6.68. The van der Waals surface area contributed by atoms with Gasteiger partial charge in [0.05, 0.1) is 23.3 Å². The number of aromatic hydroxyl groups is 1. The van der Waals surface area contributed by atoms with Gasteiger partial charge in [0.1, 0.15) is 5.75 Å². The molecular weight excluding hydrogens is 376 g/mol. The molecule has 1 heterocycles. The van der Waals surface area contributed by atoms with E-state index in [9.17, 15) is 5.11 Å². The molecule has 0 amide bonds. The topological polar surface area (TPSA) is 87.2 Å². The maximum atomic E-state index is 9.86. The Morgan fingerprint density at radius 2 is 1.70 bits per heavy atom. The minimum Gasteiger partial charge on any atom is -0.506 e. The van der Waals surface area contributed by atoms with Crippen molar-refractivity contribution in [2.75, 3.05) is 5.43 Å². The van der Waals surface area contributed by atoms with Gasteiger partial charge < -0.3 is 9.67 Å². The van der Waals surface area contributed by atoms with Gasteiger partial charge in [-0.1, -0.05) is 61.5 Å². The van der Waals surface area contributed by atoms with Crippen molar-refractivity contribution in [3.63, 3.8) is 0 Å². The lowest BCUT2D eigenvalue weighted by atomic mass is 10.2. The molecule has 150 valence electrons. The van der Waals surface area contributed by atoms with E-state index >= 15 is 0 Å². The summed E-state index contributed by atoms with van der Waals surface area (Å²) in [4.78, 5) is 4.63. The van der Waals surface area contributed by atoms with Crippen LogP contribution in [0.5, 0.6) is 5.75 Å². The van der Waals surface area contributed by atoms with Crippen LogP contribution in [-0.4, -0.2) is 20.5 Å². The Morgan fingerprint density at radius 3 is 2.50 bits per heavy atom. The maximum absolute atomic E-state index is 9.86. The van der Waals surface area contributed by atoms with Crippen molar-refractivity contribution >= 4 is 28.5 Å². The van der Waals surface area contributed by atoms with E-state index in [1.165, 1.54) is 0 Å². The molecule has 2 N–H and O–H groups in total. The monoisotopic (exact) mass is 398 g/mol. The lowest BCUT2D eigenvalue weighted by Crippen LogP contribution is -2.00. The summed E-state index contributed by atoms with van der Waals surface area (Å²) < 4.78 is 2.04. The Labute approximate surface area is 174 Å². The minimum absolute atomic E-state index is 0.123. The first-order valence-corrected chi connectivity index (χ1v) is 9.76. The van der Waals surface area contributed by atoms with Crippen LogP contribution in [0, 0.1) is 0 Å². The number of azo groups is 1. The zero-order valence-corrected chi connectivity index (χ0v) is 16.6. The van der Waals surface area contributed by atoms with Gasteiger partial charge in [0, 0.05) is 6.42 Å². The van der Waals surface area contributed by atoms with E-state index in [1.807, 2.05) is 60.0 Å². The molecule has 0 saturated carbocycles. The average molecular weight is 398 g/mol. The van der Waals surface area contributed by atoms with Gasteiger partial charge in [-0.15, -0.1) is 10.2 Å². The van der Waals surface area contributed by atoms with E-state index in [0.29, 0.717) is 30.4 Å². The number of phenolic OH excluding ortho intramolecular Hbond substituents is 1. The lowest BCUT2D eigenvalue weighted by Gasteiger charge is -2.06. The van der Waals surface area contributed by atoms with Crippen molar-refractivity contribution in [1.82, 2.24) is 9.55 Å². The van der Waals surface area contributed by atoms with E-state index < -0.39 is 0 Å². The van der Waals surface area contributed by atoms with E-state index in [4.69, 9.17) is 0 Å². The second kappa shape index (κ2) is 9.00. The molecule has 0 aliphatic rings. The smallest absolute Gasteiger partial charge is 0.250 e. The van der Waals surface area contributed by atoms with Gasteiger partial charge in [-0.25, -0.2) is 4.98 Å². The fraction of sp³-hybridized carbons (Fsp3) is 0.130. The maximum Gasteiger partial charge on any atom is 0.250 e. The van der Waals surface area contributed by atoms with E-state index in [2.05, 4.69) is 37.9 Å². The van der Waals surface area contributed by atoms with Crippen molar-refractivity contribution in [2.45, 2.75) is 19.9 Å². The number of fused-ring (bicyclic) bond motifs is 1. The molecule has 4 aromatic rings. The van der Waals surface area contributed by atoms with Crippen LogP contribution in [0.1, 0.15) is 18.9 Å². The summed E-state index contributed by atoms with van der Waals surface area (Å²) >= 11 is 0. The summed E-state index contributed by atoms with van der Waals surface area (Å²) in [6, 6.07) is 25.0. The number of nitrogens with zero attached hydrogens (tertiary/aromatic N) is 5. The number of phenols is 1. The number of hydrazone groups is 1. The molecule has 0 atom stereocenters. The molecule has 7 heteroatoms. The number of rotatable bonds is 6. The van der Waals surface area contributed by atoms with Crippen LogP contribution in [0.3, 0.4) is 0 Å². The van der Waals surface area contributed by atoms with Gasteiger partial charge in [-0.3, -0.25) is 5.43 Å². The molecule has 7 nitrogen and oxygen atoms in total. The van der Waals surface area contributed by atoms with Crippen LogP contribution in [-0.2, 0) is 6.54 Å². The molecule has 1 aromatic heterocycles. The molecule has 0 spiro atoms. The predicted octanol–water partition coefficient (Wildman–Crippen LogP) is 5.71. The summed E-state index contributed by atoms with van der Waals surface area (Å²) in [6.45, 7) is 2.59. The van der Waals surface area contributed by atoms with Crippen LogP contribution >= 0.6 is 0 Å². The van der Waals surface area contributed by atoms with Crippen molar-refractivity contribution in [2.24, 2.45) is 15.3 Å². The van der Waals surface area contributed by atoms with Crippen molar-refractivity contribution in [3.05, 3.63) is 84.4 Å². The van der Waals surface area contributed by atoms with E-state index in [-0.39, 0.29) is 5.75 Å². The number of hydrogen-bond donors (Lipinski definition) is 2. The van der Waals surface area contributed by atoms with Crippen LogP contribution in [0.4, 0.5) is 11.6 Å². The number of benzene rings is 3. The van der Waals surface area contributed by atoms with Crippen LogP contribution in [0.15, 0.2) is 94.2 Å². The summed E-state index contributed by atoms with van der Waals surface area (Å²) in [5.41, 5.74) is 6.37. The molecule has 3 aromatic carbocycles. The highest BCUT2D eigenvalue weighted by molar-refractivity contribution is 5.83.